The number of nitrogens with one attached hydrogen (secondary N) is 1. The first-order chi connectivity index (χ1) is 13.8. The first-order valence-corrected chi connectivity index (χ1v) is 10.3. The molecule has 7 nitrogen and oxygen atoms in total. The molecule has 1 N–H and O–H groups in total. The number of hydrogen-bond donors (Lipinski definition) is 1. The lowest BCUT2D eigenvalue weighted by Crippen LogP contribution is -2.58. The molecule has 2 heterocycles. The minimum absolute atomic E-state index is 0. The molecule has 0 spiro atoms. The summed E-state index contributed by atoms with van der Waals surface area (Å²) < 4.78 is 5.56. The van der Waals surface area contributed by atoms with Crippen LogP contribution in [0.2, 0.25) is 0 Å². The minimum atomic E-state index is -0.664. The number of hydrogen-bond acceptors (Lipinski definition) is 5. The molecule has 2 saturated heterocycles. The fourth-order valence-electron chi connectivity index (χ4n) is 4.08. The Bertz CT molecular complexity index is 771. The Kier molecular flexibility index (Phi) is 12.4. The van der Waals surface area contributed by atoms with Crippen molar-refractivity contribution in [1.82, 2.24) is 10.2 Å². The van der Waals surface area contributed by atoms with Gasteiger partial charge in [0.2, 0.25) is 5.91 Å². The van der Waals surface area contributed by atoms with Crippen LogP contribution in [0.1, 0.15) is 50.9 Å². The third-order valence-electron chi connectivity index (χ3n) is 5.58. The van der Waals surface area contributed by atoms with Crippen molar-refractivity contribution in [3.05, 3.63) is 29.8 Å². The highest BCUT2D eigenvalue weighted by Crippen LogP contribution is 2.27. The molecule has 0 unspecified atom stereocenters. The van der Waals surface area contributed by atoms with Crippen molar-refractivity contribution in [2.45, 2.75) is 58.7 Å². The van der Waals surface area contributed by atoms with Crippen molar-refractivity contribution < 1.29 is 19.1 Å². The van der Waals surface area contributed by atoms with E-state index in [4.69, 9.17) is 4.74 Å². The standard InChI is InChI=1S/C22H31N3O4.CH4.2H2S/c1-14(2)12-17(23-21(27)15-7-9-16(10-8-15)24(3)4)22(28)25-11-5-6-19-20(25)18(26)13-29-19;;;/h7-10,14,17,19-20H,5-6,11-13H2,1-4H3,(H,23,27);1H4;2*1H2/t17-,19-,20-;;;/m0.../s1. The van der Waals surface area contributed by atoms with E-state index in [1.54, 1.807) is 17.0 Å². The minimum Gasteiger partial charge on any atom is -0.378 e. The summed E-state index contributed by atoms with van der Waals surface area (Å²) in [7, 11) is 3.87. The lowest BCUT2D eigenvalue weighted by Gasteiger charge is -2.37. The second kappa shape index (κ2) is 13.1. The van der Waals surface area contributed by atoms with E-state index in [0.717, 1.165) is 18.5 Å². The third-order valence-corrected chi connectivity index (χ3v) is 5.58. The number of ketones is 1. The quantitative estimate of drug-likeness (QED) is 0.670. The van der Waals surface area contributed by atoms with Gasteiger partial charge < -0.3 is 19.9 Å². The van der Waals surface area contributed by atoms with Crippen molar-refractivity contribution in [2.24, 2.45) is 5.92 Å². The summed E-state index contributed by atoms with van der Waals surface area (Å²) in [5.74, 6) is -0.296. The monoisotopic (exact) mass is 485 g/mol. The zero-order valence-corrected chi connectivity index (χ0v) is 20.7. The molecule has 2 fully saturated rings. The summed E-state index contributed by atoms with van der Waals surface area (Å²) in [6, 6.07) is 6.08. The molecular formula is C23H39N3O4S2. The molecule has 0 saturated carbocycles. The van der Waals surface area contributed by atoms with Crippen LogP contribution in [-0.4, -0.2) is 67.9 Å². The van der Waals surface area contributed by atoms with E-state index in [9.17, 15) is 14.4 Å². The van der Waals surface area contributed by atoms with Crippen LogP contribution in [0.4, 0.5) is 5.69 Å². The van der Waals surface area contributed by atoms with Crippen molar-refractivity contribution in [1.29, 1.82) is 0 Å². The van der Waals surface area contributed by atoms with E-state index >= 15 is 0 Å². The van der Waals surface area contributed by atoms with Crippen LogP contribution in [0.5, 0.6) is 0 Å². The van der Waals surface area contributed by atoms with E-state index < -0.39 is 12.1 Å². The SMILES string of the molecule is C.CC(C)C[C@H](NC(=O)c1ccc(N(C)C)cc1)C(=O)N1CCC[C@@H]2OCC(=O)[C@@H]21.S.S. The summed E-state index contributed by atoms with van der Waals surface area (Å²) in [4.78, 5) is 42.0. The van der Waals surface area contributed by atoms with Crippen molar-refractivity contribution >= 4 is 50.3 Å². The first kappa shape index (κ1) is 30.3. The number of carbonyl (C=O) groups is 3. The summed E-state index contributed by atoms with van der Waals surface area (Å²) >= 11 is 0. The smallest absolute Gasteiger partial charge is 0.251 e. The van der Waals surface area contributed by atoms with Gasteiger partial charge in [0.15, 0.2) is 5.78 Å². The Morgan fingerprint density at radius 2 is 1.81 bits per heavy atom. The zero-order valence-electron chi connectivity index (χ0n) is 18.7. The second-order valence-electron chi connectivity index (χ2n) is 8.53. The fraction of sp³-hybridized carbons (Fsp3) is 0.609. The largest absolute Gasteiger partial charge is 0.378 e. The predicted molar refractivity (Wildman–Crippen MR) is 138 cm³/mol. The lowest BCUT2D eigenvalue weighted by atomic mass is 9.95. The molecule has 0 aliphatic carbocycles. The lowest BCUT2D eigenvalue weighted by molar-refractivity contribution is -0.142. The van der Waals surface area contributed by atoms with Gasteiger partial charge >= 0.3 is 0 Å². The Labute approximate surface area is 206 Å². The van der Waals surface area contributed by atoms with Crippen molar-refractivity contribution in [3.8, 4) is 0 Å². The summed E-state index contributed by atoms with van der Waals surface area (Å²) in [6.45, 7) is 4.62. The van der Waals surface area contributed by atoms with Crippen LogP contribution in [0.3, 0.4) is 0 Å². The average molecular weight is 486 g/mol. The molecular weight excluding hydrogens is 446 g/mol. The van der Waals surface area contributed by atoms with Crippen LogP contribution in [0, 0.1) is 5.92 Å². The molecule has 2 amide bonds. The molecule has 2 aliphatic heterocycles. The highest BCUT2D eigenvalue weighted by atomic mass is 32.1. The van der Waals surface area contributed by atoms with Gasteiger partial charge in [-0.15, -0.1) is 0 Å². The highest BCUT2D eigenvalue weighted by Gasteiger charge is 2.45. The van der Waals surface area contributed by atoms with Crippen LogP contribution >= 0.6 is 27.0 Å². The average Bonchev–Trinajstić information content (AvgIpc) is 3.07. The molecule has 0 bridgehead atoms. The van der Waals surface area contributed by atoms with Crippen LogP contribution in [0.25, 0.3) is 0 Å². The number of piperidine rings is 1. The summed E-state index contributed by atoms with van der Waals surface area (Å²) in [6.07, 6.45) is 1.89. The van der Waals surface area contributed by atoms with E-state index in [2.05, 4.69) is 5.32 Å². The van der Waals surface area contributed by atoms with Gasteiger partial charge in [-0.25, -0.2) is 0 Å². The molecule has 3 atom stereocenters. The maximum Gasteiger partial charge on any atom is 0.251 e. The number of anilines is 1. The molecule has 3 rings (SSSR count). The van der Waals surface area contributed by atoms with E-state index in [1.165, 1.54) is 0 Å². The number of likely N-dealkylation sites (tertiary alicyclic amines) is 1. The maximum atomic E-state index is 13.3. The summed E-state index contributed by atoms with van der Waals surface area (Å²) in [5, 5.41) is 2.91. The Morgan fingerprint density at radius 3 is 2.38 bits per heavy atom. The van der Waals surface area contributed by atoms with E-state index in [1.807, 2.05) is 45.0 Å². The Morgan fingerprint density at radius 1 is 1.19 bits per heavy atom. The van der Waals surface area contributed by atoms with Crippen LogP contribution in [0.15, 0.2) is 24.3 Å². The predicted octanol–water partition coefficient (Wildman–Crippen LogP) is 2.72. The fourth-order valence-corrected chi connectivity index (χ4v) is 4.08. The number of ether oxygens (including phenoxy) is 1. The van der Waals surface area contributed by atoms with Gasteiger partial charge in [0.1, 0.15) is 18.7 Å². The van der Waals surface area contributed by atoms with Crippen LogP contribution < -0.4 is 10.2 Å². The first-order valence-electron chi connectivity index (χ1n) is 10.3. The van der Waals surface area contributed by atoms with Gasteiger partial charge in [0, 0.05) is 31.9 Å². The molecule has 2 aliphatic rings. The number of amides is 2. The van der Waals surface area contributed by atoms with Gasteiger partial charge in [0.05, 0.1) is 6.10 Å². The molecule has 9 heteroatoms. The topological polar surface area (TPSA) is 79.0 Å². The molecule has 0 aromatic heterocycles. The number of benzene rings is 1. The highest BCUT2D eigenvalue weighted by molar-refractivity contribution is 7.59. The van der Waals surface area contributed by atoms with Gasteiger partial charge in [-0.1, -0.05) is 21.3 Å². The molecule has 32 heavy (non-hydrogen) atoms. The van der Waals surface area contributed by atoms with Crippen LogP contribution in [-0.2, 0) is 14.3 Å². The number of fused-ring (bicyclic) bond motifs is 1. The zero-order chi connectivity index (χ0) is 21.1. The van der Waals surface area contributed by atoms with Gasteiger partial charge in [-0.05, 0) is 49.4 Å². The second-order valence-corrected chi connectivity index (χ2v) is 8.53. The van der Waals surface area contributed by atoms with Crippen molar-refractivity contribution in [3.63, 3.8) is 0 Å². The number of rotatable bonds is 6. The van der Waals surface area contributed by atoms with E-state index in [-0.39, 0.29) is 70.6 Å². The van der Waals surface area contributed by atoms with Crippen molar-refractivity contribution in [2.75, 3.05) is 32.1 Å². The van der Waals surface area contributed by atoms with Gasteiger partial charge in [0.25, 0.3) is 5.91 Å². The number of nitrogens with zero attached hydrogens (tertiary/aromatic N) is 2. The number of carbonyl (C=O) groups excluding carboxylic acids is 3. The molecule has 0 radical (unpaired) electrons. The summed E-state index contributed by atoms with van der Waals surface area (Å²) in [5.41, 5.74) is 1.50. The third kappa shape index (κ3) is 6.89. The van der Waals surface area contributed by atoms with Gasteiger partial charge in [-0.3, -0.25) is 14.4 Å². The Hall–Kier alpha value is -1.71. The molecule has 1 aromatic carbocycles. The Balaban J connectivity index is 0.00000320. The number of Topliss-reactive ketones (excluding diaryl/α,β-unsaturated/α-hetero) is 1. The molecule has 182 valence electrons. The molecule has 1 aromatic rings. The normalized spacial score (nSPS) is 20.3. The van der Waals surface area contributed by atoms with E-state index in [0.29, 0.717) is 18.5 Å². The van der Waals surface area contributed by atoms with Gasteiger partial charge in [-0.2, -0.15) is 27.0 Å². The maximum absolute atomic E-state index is 13.3.